The second kappa shape index (κ2) is 4.49. The van der Waals surface area contributed by atoms with Crippen LogP contribution in [0.3, 0.4) is 0 Å². The molecule has 1 aliphatic heterocycles. The number of benzene rings is 1. The molecule has 1 aromatic carbocycles. The van der Waals surface area contributed by atoms with Crippen LogP contribution in [0.5, 0.6) is 0 Å². The van der Waals surface area contributed by atoms with Crippen molar-refractivity contribution < 1.29 is 5.11 Å². The highest BCUT2D eigenvalue weighted by atomic mass is 16.3. The molecule has 1 aliphatic rings. The molecule has 0 spiro atoms. The molecule has 0 bridgehead atoms. The minimum atomic E-state index is 0.120. The van der Waals surface area contributed by atoms with E-state index in [1.54, 1.807) is 0 Å². The highest BCUT2D eigenvalue weighted by molar-refractivity contribution is 5.54. The van der Waals surface area contributed by atoms with Gasteiger partial charge in [-0.15, -0.1) is 0 Å². The van der Waals surface area contributed by atoms with Gasteiger partial charge in [0.2, 0.25) is 0 Å². The molecule has 0 fully saturated rings. The molecule has 2 rings (SSSR count). The molecule has 0 aromatic heterocycles. The average Bonchev–Trinajstić information content (AvgIpc) is 2.30. The third kappa shape index (κ3) is 2.21. The van der Waals surface area contributed by atoms with Gasteiger partial charge >= 0.3 is 0 Å². The third-order valence-corrected chi connectivity index (χ3v) is 2.94. The zero-order valence-corrected chi connectivity index (χ0v) is 9.11. The Hall–Kier alpha value is -1.28. The molecule has 0 aliphatic carbocycles. The smallest absolute Gasteiger partial charge is 0.0702 e. The SMILES string of the molecule is CC1=CCN(c2ccccc2CO)CC1. The maximum Gasteiger partial charge on any atom is 0.0702 e. The summed E-state index contributed by atoms with van der Waals surface area (Å²) >= 11 is 0. The van der Waals surface area contributed by atoms with Crippen molar-refractivity contribution in [1.29, 1.82) is 0 Å². The fraction of sp³-hybridized carbons (Fsp3) is 0.385. The predicted molar refractivity (Wildman–Crippen MR) is 63.0 cm³/mol. The fourth-order valence-corrected chi connectivity index (χ4v) is 1.94. The number of aliphatic hydroxyl groups excluding tert-OH is 1. The molecular weight excluding hydrogens is 186 g/mol. The number of para-hydroxylation sites is 1. The fourth-order valence-electron chi connectivity index (χ4n) is 1.94. The van der Waals surface area contributed by atoms with Crippen LogP contribution < -0.4 is 4.90 Å². The standard InChI is InChI=1S/C13H17NO/c1-11-6-8-14(9-7-11)13-5-3-2-4-12(13)10-15/h2-6,15H,7-10H2,1H3. The van der Waals surface area contributed by atoms with Crippen LogP contribution in [-0.2, 0) is 6.61 Å². The van der Waals surface area contributed by atoms with Crippen molar-refractivity contribution in [3.8, 4) is 0 Å². The molecular formula is C13H17NO. The Morgan fingerprint density at radius 1 is 1.33 bits per heavy atom. The largest absolute Gasteiger partial charge is 0.392 e. The molecule has 0 unspecified atom stereocenters. The first-order valence-electron chi connectivity index (χ1n) is 5.40. The lowest BCUT2D eigenvalue weighted by Crippen LogP contribution is -2.28. The maximum absolute atomic E-state index is 9.26. The number of rotatable bonds is 2. The summed E-state index contributed by atoms with van der Waals surface area (Å²) in [5.74, 6) is 0. The molecule has 1 N–H and O–H groups in total. The van der Waals surface area contributed by atoms with Gasteiger partial charge in [-0.05, 0) is 19.4 Å². The van der Waals surface area contributed by atoms with Crippen molar-refractivity contribution in [3.05, 3.63) is 41.5 Å². The van der Waals surface area contributed by atoms with Gasteiger partial charge in [0, 0.05) is 24.3 Å². The van der Waals surface area contributed by atoms with Crippen LogP contribution in [0, 0.1) is 0 Å². The lowest BCUT2D eigenvalue weighted by Gasteiger charge is -2.29. The van der Waals surface area contributed by atoms with Gasteiger partial charge in [0.25, 0.3) is 0 Å². The summed E-state index contributed by atoms with van der Waals surface area (Å²) in [4.78, 5) is 2.32. The maximum atomic E-state index is 9.26. The van der Waals surface area contributed by atoms with Crippen molar-refractivity contribution in [3.63, 3.8) is 0 Å². The van der Waals surface area contributed by atoms with Gasteiger partial charge in [0.1, 0.15) is 0 Å². The Bertz CT molecular complexity index is 371. The van der Waals surface area contributed by atoms with E-state index in [2.05, 4.69) is 24.0 Å². The van der Waals surface area contributed by atoms with E-state index in [9.17, 15) is 5.11 Å². The van der Waals surface area contributed by atoms with Crippen molar-refractivity contribution >= 4 is 5.69 Å². The molecule has 2 nitrogen and oxygen atoms in total. The monoisotopic (exact) mass is 203 g/mol. The summed E-state index contributed by atoms with van der Waals surface area (Å²) in [7, 11) is 0. The Morgan fingerprint density at radius 2 is 2.13 bits per heavy atom. The average molecular weight is 203 g/mol. The molecule has 1 heterocycles. The molecule has 2 heteroatoms. The highest BCUT2D eigenvalue weighted by Crippen LogP contribution is 2.23. The number of nitrogens with zero attached hydrogens (tertiary/aromatic N) is 1. The van der Waals surface area contributed by atoms with E-state index in [1.807, 2.05) is 18.2 Å². The number of hydrogen-bond acceptors (Lipinski definition) is 2. The Labute approximate surface area is 90.8 Å². The van der Waals surface area contributed by atoms with Gasteiger partial charge in [-0.1, -0.05) is 29.8 Å². The zero-order valence-electron chi connectivity index (χ0n) is 9.11. The van der Waals surface area contributed by atoms with E-state index in [1.165, 1.54) is 11.3 Å². The number of aliphatic hydroxyl groups is 1. The quantitative estimate of drug-likeness (QED) is 0.746. The molecule has 0 radical (unpaired) electrons. The molecule has 0 saturated heterocycles. The highest BCUT2D eigenvalue weighted by Gasteiger charge is 2.12. The summed E-state index contributed by atoms with van der Waals surface area (Å²) < 4.78 is 0. The van der Waals surface area contributed by atoms with Gasteiger partial charge in [-0.3, -0.25) is 0 Å². The first kappa shape index (κ1) is 10.2. The molecule has 0 atom stereocenters. The van der Waals surface area contributed by atoms with Crippen LogP contribution in [0.4, 0.5) is 5.69 Å². The second-order valence-corrected chi connectivity index (χ2v) is 4.03. The van der Waals surface area contributed by atoms with E-state index >= 15 is 0 Å². The van der Waals surface area contributed by atoms with Crippen LogP contribution in [0.25, 0.3) is 0 Å². The van der Waals surface area contributed by atoms with Gasteiger partial charge in [-0.25, -0.2) is 0 Å². The second-order valence-electron chi connectivity index (χ2n) is 4.03. The molecule has 15 heavy (non-hydrogen) atoms. The first-order chi connectivity index (χ1) is 7.31. The molecule has 0 amide bonds. The summed E-state index contributed by atoms with van der Waals surface area (Å²) in [6, 6.07) is 8.07. The molecule has 1 aromatic rings. The van der Waals surface area contributed by atoms with Crippen molar-refractivity contribution in [2.45, 2.75) is 20.0 Å². The Balaban J connectivity index is 2.22. The topological polar surface area (TPSA) is 23.5 Å². The van der Waals surface area contributed by atoms with E-state index < -0.39 is 0 Å². The summed E-state index contributed by atoms with van der Waals surface area (Å²) in [5, 5.41) is 9.26. The summed E-state index contributed by atoms with van der Waals surface area (Å²) in [6.07, 6.45) is 3.39. The molecule has 0 saturated carbocycles. The summed E-state index contributed by atoms with van der Waals surface area (Å²) in [5.41, 5.74) is 3.65. The van der Waals surface area contributed by atoms with Crippen LogP contribution in [0.15, 0.2) is 35.9 Å². The lowest BCUT2D eigenvalue weighted by atomic mass is 10.1. The number of anilines is 1. The van der Waals surface area contributed by atoms with Crippen LogP contribution in [0.2, 0.25) is 0 Å². The minimum Gasteiger partial charge on any atom is -0.392 e. The van der Waals surface area contributed by atoms with Gasteiger partial charge < -0.3 is 10.0 Å². The minimum absolute atomic E-state index is 0.120. The normalized spacial score (nSPS) is 16.4. The van der Waals surface area contributed by atoms with E-state index in [4.69, 9.17) is 0 Å². The van der Waals surface area contributed by atoms with Gasteiger partial charge in [-0.2, -0.15) is 0 Å². The van der Waals surface area contributed by atoms with E-state index in [-0.39, 0.29) is 6.61 Å². The predicted octanol–water partition coefficient (Wildman–Crippen LogP) is 2.34. The third-order valence-electron chi connectivity index (χ3n) is 2.94. The summed E-state index contributed by atoms with van der Waals surface area (Å²) in [6.45, 7) is 4.31. The van der Waals surface area contributed by atoms with Crippen LogP contribution in [-0.4, -0.2) is 18.2 Å². The number of hydrogen-bond donors (Lipinski definition) is 1. The van der Waals surface area contributed by atoms with E-state index in [0.717, 1.165) is 25.1 Å². The van der Waals surface area contributed by atoms with E-state index in [0.29, 0.717) is 0 Å². The van der Waals surface area contributed by atoms with Crippen LogP contribution >= 0.6 is 0 Å². The molecule has 80 valence electrons. The Kier molecular flexibility index (Phi) is 3.07. The van der Waals surface area contributed by atoms with Gasteiger partial charge in [0.15, 0.2) is 0 Å². The Morgan fingerprint density at radius 3 is 2.80 bits per heavy atom. The van der Waals surface area contributed by atoms with Crippen molar-refractivity contribution in [2.75, 3.05) is 18.0 Å². The van der Waals surface area contributed by atoms with Gasteiger partial charge in [0.05, 0.1) is 6.61 Å². The van der Waals surface area contributed by atoms with Crippen LogP contribution in [0.1, 0.15) is 18.9 Å². The zero-order chi connectivity index (χ0) is 10.7. The first-order valence-corrected chi connectivity index (χ1v) is 5.40. The van der Waals surface area contributed by atoms with Crippen molar-refractivity contribution in [1.82, 2.24) is 0 Å². The van der Waals surface area contributed by atoms with Crippen molar-refractivity contribution in [2.24, 2.45) is 0 Å². The lowest BCUT2D eigenvalue weighted by molar-refractivity contribution is 0.282.